The number of aliphatic hydroxyl groups excluding tert-OH is 2. The first kappa shape index (κ1) is 14.3. The van der Waals surface area contributed by atoms with Gasteiger partial charge >= 0.3 is 5.97 Å². The highest BCUT2D eigenvalue weighted by Gasteiger charge is 2.23. The van der Waals surface area contributed by atoms with Gasteiger partial charge in [-0.25, -0.2) is 4.98 Å². The van der Waals surface area contributed by atoms with E-state index in [0.29, 0.717) is 6.29 Å². The summed E-state index contributed by atoms with van der Waals surface area (Å²) in [5.74, 6) is -0.601. The van der Waals surface area contributed by atoms with Crippen LogP contribution in [0.4, 0.5) is 0 Å². The summed E-state index contributed by atoms with van der Waals surface area (Å²) in [6.07, 6.45) is -2.46. The van der Waals surface area contributed by atoms with Crippen LogP contribution in [0.5, 0.6) is 0 Å². The fourth-order valence-corrected chi connectivity index (χ4v) is 1.40. The number of hydrogen-bond donors (Lipinski definition) is 2. The number of rotatable bonds is 6. The zero-order valence-electron chi connectivity index (χ0n) is 9.94. The Labute approximate surface area is 104 Å². The van der Waals surface area contributed by atoms with Crippen LogP contribution in [0.3, 0.4) is 0 Å². The summed E-state index contributed by atoms with van der Waals surface area (Å²) < 4.78 is 4.66. The Morgan fingerprint density at radius 1 is 1.50 bits per heavy atom. The molecule has 2 unspecified atom stereocenters. The third-order valence-corrected chi connectivity index (χ3v) is 2.26. The third-order valence-electron chi connectivity index (χ3n) is 2.26. The number of nitrogens with zero attached hydrogens (tertiary/aromatic N) is 1. The van der Waals surface area contributed by atoms with Gasteiger partial charge in [0.25, 0.3) is 0 Å². The van der Waals surface area contributed by atoms with Crippen molar-refractivity contribution in [3.05, 3.63) is 29.6 Å². The molecule has 1 heterocycles. The molecule has 2 atom stereocenters. The quantitative estimate of drug-likeness (QED) is 0.557. The average molecular weight is 253 g/mol. The molecule has 0 aliphatic heterocycles. The molecule has 0 spiro atoms. The minimum Gasteiger partial charge on any atom is -0.466 e. The molecular weight excluding hydrogens is 238 g/mol. The summed E-state index contributed by atoms with van der Waals surface area (Å²) in [5, 5.41) is 19.4. The third kappa shape index (κ3) is 3.90. The van der Waals surface area contributed by atoms with Crippen molar-refractivity contribution in [3.63, 3.8) is 0 Å². The van der Waals surface area contributed by atoms with Gasteiger partial charge < -0.3 is 14.9 Å². The van der Waals surface area contributed by atoms with Gasteiger partial charge in [-0.05, 0) is 19.1 Å². The lowest BCUT2D eigenvalue weighted by Crippen LogP contribution is -2.24. The Balaban J connectivity index is 2.70. The zero-order chi connectivity index (χ0) is 13.5. The highest BCUT2D eigenvalue weighted by molar-refractivity contribution is 5.71. The van der Waals surface area contributed by atoms with Gasteiger partial charge in [0.1, 0.15) is 11.8 Å². The van der Waals surface area contributed by atoms with Crippen LogP contribution >= 0.6 is 0 Å². The van der Waals surface area contributed by atoms with E-state index in [-0.39, 0.29) is 24.4 Å². The molecule has 0 aromatic carbocycles. The Morgan fingerprint density at radius 3 is 2.83 bits per heavy atom. The molecule has 0 saturated carbocycles. The van der Waals surface area contributed by atoms with E-state index < -0.39 is 18.2 Å². The minimum atomic E-state index is -1.34. The molecule has 2 N–H and O–H groups in total. The number of aromatic nitrogens is 1. The molecule has 6 heteroatoms. The molecule has 0 bridgehead atoms. The van der Waals surface area contributed by atoms with Crippen molar-refractivity contribution in [2.75, 3.05) is 6.61 Å². The molecule has 0 fully saturated rings. The number of carbonyl (C=O) groups is 2. The topological polar surface area (TPSA) is 96.7 Å². The summed E-state index contributed by atoms with van der Waals surface area (Å²) in [6, 6.07) is 4.47. The summed E-state index contributed by atoms with van der Waals surface area (Å²) in [7, 11) is 0. The van der Waals surface area contributed by atoms with Gasteiger partial charge in [-0.3, -0.25) is 9.59 Å². The van der Waals surface area contributed by atoms with Crippen LogP contribution in [0.25, 0.3) is 0 Å². The lowest BCUT2D eigenvalue weighted by Gasteiger charge is -2.16. The SMILES string of the molecule is CCOC(=O)CC(O)C(O)c1cccc(C=O)n1. The largest absolute Gasteiger partial charge is 0.466 e. The summed E-state index contributed by atoms with van der Waals surface area (Å²) in [6.45, 7) is 1.86. The van der Waals surface area contributed by atoms with E-state index >= 15 is 0 Å². The van der Waals surface area contributed by atoms with Crippen LogP contribution in [0.1, 0.15) is 35.6 Å². The molecule has 0 aliphatic rings. The second-order valence-electron chi connectivity index (χ2n) is 3.63. The highest BCUT2D eigenvalue weighted by Crippen LogP contribution is 2.17. The fraction of sp³-hybridized carbons (Fsp3) is 0.417. The first-order valence-corrected chi connectivity index (χ1v) is 5.52. The molecule has 18 heavy (non-hydrogen) atoms. The van der Waals surface area contributed by atoms with Crippen molar-refractivity contribution in [1.29, 1.82) is 0 Å². The molecule has 0 radical (unpaired) electrons. The number of esters is 1. The van der Waals surface area contributed by atoms with E-state index in [1.807, 2.05) is 0 Å². The van der Waals surface area contributed by atoms with Crippen molar-refractivity contribution in [2.45, 2.75) is 25.6 Å². The maximum atomic E-state index is 11.1. The fourth-order valence-electron chi connectivity index (χ4n) is 1.40. The maximum Gasteiger partial charge on any atom is 0.308 e. The second-order valence-corrected chi connectivity index (χ2v) is 3.63. The summed E-state index contributed by atoms with van der Waals surface area (Å²) in [4.78, 5) is 25.5. The van der Waals surface area contributed by atoms with Crippen molar-refractivity contribution in [2.24, 2.45) is 0 Å². The van der Waals surface area contributed by atoms with E-state index in [0.717, 1.165) is 0 Å². The number of ether oxygens (including phenoxy) is 1. The monoisotopic (exact) mass is 253 g/mol. The Bertz CT molecular complexity index is 421. The van der Waals surface area contributed by atoms with Gasteiger partial charge in [0, 0.05) is 0 Å². The van der Waals surface area contributed by atoms with E-state index in [2.05, 4.69) is 9.72 Å². The predicted octanol–water partition coefficient (Wildman–Crippen LogP) is 0.242. The van der Waals surface area contributed by atoms with Gasteiger partial charge in [0.2, 0.25) is 0 Å². The molecule has 0 saturated heterocycles. The Morgan fingerprint density at radius 2 is 2.22 bits per heavy atom. The summed E-state index contributed by atoms with van der Waals surface area (Å²) in [5.41, 5.74) is 0.284. The lowest BCUT2D eigenvalue weighted by atomic mass is 10.1. The van der Waals surface area contributed by atoms with Gasteiger partial charge in [-0.2, -0.15) is 0 Å². The van der Waals surface area contributed by atoms with Crippen LogP contribution in [-0.4, -0.2) is 40.2 Å². The van der Waals surface area contributed by atoms with Crippen LogP contribution in [-0.2, 0) is 9.53 Å². The molecule has 98 valence electrons. The van der Waals surface area contributed by atoms with Gasteiger partial charge in [-0.1, -0.05) is 6.07 Å². The van der Waals surface area contributed by atoms with Crippen LogP contribution in [0.15, 0.2) is 18.2 Å². The predicted molar refractivity (Wildman–Crippen MR) is 61.8 cm³/mol. The first-order chi connectivity index (χ1) is 8.58. The van der Waals surface area contributed by atoms with Crippen LogP contribution in [0, 0.1) is 0 Å². The molecule has 1 aromatic heterocycles. The van der Waals surface area contributed by atoms with Crippen LogP contribution < -0.4 is 0 Å². The van der Waals surface area contributed by atoms with Gasteiger partial charge in [0.15, 0.2) is 6.29 Å². The van der Waals surface area contributed by atoms with Crippen molar-refractivity contribution in [1.82, 2.24) is 4.98 Å². The Hall–Kier alpha value is -1.79. The van der Waals surface area contributed by atoms with Gasteiger partial charge in [-0.15, -0.1) is 0 Å². The molecular formula is C12H15NO5. The molecule has 0 aliphatic carbocycles. The van der Waals surface area contributed by atoms with E-state index in [1.165, 1.54) is 18.2 Å². The standard InChI is InChI=1S/C12H15NO5/c1-2-18-11(16)6-10(15)12(17)9-5-3-4-8(7-14)13-9/h3-5,7,10,12,15,17H,2,6H2,1H3. The molecule has 1 aromatic rings. The number of aldehydes is 1. The minimum absolute atomic E-state index is 0.136. The van der Waals surface area contributed by atoms with E-state index in [4.69, 9.17) is 0 Å². The highest BCUT2D eigenvalue weighted by atomic mass is 16.5. The van der Waals surface area contributed by atoms with Crippen LogP contribution in [0.2, 0.25) is 0 Å². The van der Waals surface area contributed by atoms with Crippen molar-refractivity contribution in [3.8, 4) is 0 Å². The van der Waals surface area contributed by atoms with Crippen molar-refractivity contribution < 1.29 is 24.5 Å². The number of hydrogen-bond acceptors (Lipinski definition) is 6. The average Bonchev–Trinajstić information content (AvgIpc) is 2.38. The van der Waals surface area contributed by atoms with Crippen molar-refractivity contribution >= 4 is 12.3 Å². The number of aliphatic hydroxyl groups is 2. The number of pyridine rings is 1. The summed E-state index contributed by atoms with van der Waals surface area (Å²) >= 11 is 0. The Kier molecular flexibility index (Phi) is 5.41. The smallest absolute Gasteiger partial charge is 0.308 e. The normalized spacial score (nSPS) is 13.7. The zero-order valence-corrected chi connectivity index (χ0v) is 9.94. The van der Waals surface area contributed by atoms with E-state index in [1.54, 1.807) is 6.92 Å². The first-order valence-electron chi connectivity index (χ1n) is 5.52. The van der Waals surface area contributed by atoms with E-state index in [9.17, 15) is 19.8 Å². The number of carbonyl (C=O) groups excluding carboxylic acids is 2. The maximum absolute atomic E-state index is 11.1. The second kappa shape index (κ2) is 6.83. The van der Waals surface area contributed by atoms with Gasteiger partial charge in [0.05, 0.1) is 24.8 Å². The molecule has 6 nitrogen and oxygen atoms in total. The molecule has 1 rings (SSSR count). The lowest BCUT2D eigenvalue weighted by molar-refractivity contribution is -0.147. The molecule has 0 amide bonds.